The number of benzene rings is 1. The molecule has 1 N–H and O–H groups in total. The molecule has 1 atom stereocenters. The molecule has 1 unspecified atom stereocenters. The minimum atomic E-state index is 0.121. The largest absolute Gasteiger partial charge is 0.494 e. The normalized spacial score (nSPS) is 12.1. The van der Waals surface area contributed by atoms with Gasteiger partial charge in [0.15, 0.2) is 0 Å². The zero-order valence-electron chi connectivity index (χ0n) is 11.3. The first-order valence-electron chi connectivity index (χ1n) is 6.51. The van der Waals surface area contributed by atoms with E-state index in [1.165, 1.54) is 5.56 Å². The van der Waals surface area contributed by atoms with E-state index in [0.717, 1.165) is 24.3 Å². The first kappa shape index (κ1) is 13.5. The van der Waals surface area contributed by atoms with Crippen molar-refractivity contribution in [3.8, 4) is 5.75 Å². The molecule has 0 aliphatic heterocycles. The van der Waals surface area contributed by atoms with E-state index in [0.29, 0.717) is 0 Å². The molecule has 1 aromatic carbocycles. The molecule has 0 aliphatic carbocycles. The third-order valence-electron chi connectivity index (χ3n) is 2.92. The van der Waals surface area contributed by atoms with Crippen LogP contribution in [0.4, 0.5) is 0 Å². The van der Waals surface area contributed by atoms with E-state index in [1.807, 2.05) is 25.2 Å². The maximum absolute atomic E-state index is 5.59. The maximum atomic E-state index is 5.59. The van der Waals surface area contributed by atoms with E-state index < -0.39 is 0 Å². The molecule has 100 valence electrons. The smallest absolute Gasteiger partial charge is 0.119 e. The Labute approximate surface area is 113 Å². The van der Waals surface area contributed by atoms with Gasteiger partial charge in [-0.1, -0.05) is 19.1 Å². The summed E-state index contributed by atoms with van der Waals surface area (Å²) in [5, 5.41) is 11.0. The fraction of sp³-hybridized carbons (Fsp3) is 0.333. The van der Waals surface area contributed by atoms with Gasteiger partial charge in [-0.25, -0.2) is 0 Å². The standard InChI is InChI=1S/C15H19N3O/c1-3-10-19-14-6-4-12(5-7-14)15(16-2)13-8-9-17-18-11-13/h4-9,11,15-16H,3,10H2,1-2H3. The third kappa shape index (κ3) is 3.51. The second-order valence-electron chi connectivity index (χ2n) is 4.31. The molecule has 4 nitrogen and oxygen atoms in total. The monoisotopic (exact) mass is 257 g/mol. The predicted octanol–water partition coefficient (Wildman–Crippen LogP) is 2.57. The van der Waals surface area contributed by atoms with Crippen molar-refractivity contribution in [1.82, 2.24) is 15.5 Å². The van der Waals surface area contributed by atoms with Gasteiger partial charge < -0.3 is 10.1 Å². The molecule has 4 heteroatoms. The van der Waals surface area contributed by atoms with E-state index in [1.54, 1.807) is 12.4 Å². The summed E-state index contributed by atoms with van der Waals surface area (Å²) in [6, 6.07) is 10.2. The molecule has 0 aliphatic rings. The summed E-state index contributed by atoms with van der Waals surface area (Å²) in [4.78, 5) is 0. The zero-order valence-corrected chi connectivity index (χ0v) is 11.3. The van der Waals surface area contributed by atoms with Crippen molar-refractivity contribution in [3.05, 3.63) is 53.9 Å². The Bertz CT molecular complexity index is 485. The maximum Gasteiger partial charge on any atom is 0.119 e. The molecule has 0 amide bonds. The molecule has 1 heterocycles. The van der Waals surface area contributed by atoms with Crippen LogP contribution in [-0.4, -0.2) is 23.9 Å². The van der Waals surface area contributed by atoms with Gasteiger partial charge in [0.2, 0.25) is 0 Å². The topological polar surface area (TPSA) is 47.0 Å². The lowest BCUT2D eigenvalue weighted by molar-refractivity contribution is 0.317. The summed E-state index contributed by atoms with van der Waals surface area (Å²) in [7, 11) is 1.94. The number of ether oxygens (including phenoxy) is 1. The molecule has 2 aromatic rings. The van der Waals surface area contributed by atoms with Crippen LogP contribution in [0.3, 0.4) is 0 Å². The van der Waals surface area contributed by atoms with E-state index in [9.17, 15) is 0 Å². The molecule has 0 fully saturated rings. The molecule has 0 saturated carbocycles. The molecule has 19 heavy (non-hydrogen) atoms. The van der Waals surface area contributed by atoms with Gasteiger partial charge in [-0.3, -0.25) is 0 Å². The summed E-state index contributed by atoms with van der Waals surface area (Å²) in [5.74, 6) is 0.910. The third-order valence-corrected chi connectivity index (χ3v) is 2.92. The van der Waals surface area contributed by atoms with E-state index in [-0.39, 0.29) is 6.04 Å². The van der Waals surface area contributed by atoms with Crippen LogP contribution in [0.5, 0.6) is 5.75 Å². The highest BCUT2D eigenvalue weighted by Crippen LogP contribution is 2.23. The van der Waals surface area contributed by atoms with Crippen molar-refractivity contribution in [2.75, 3.05) is 13.7 Å². The molecule has 1 aromatic heterocycles. The van der Waals surface area contributed by atoms with E-state index in [4.69, 9.17) is 4.74 Å². The minimum absolute atomic E-state index is 0.121. The van der Waals surface area contributed by atoms with E-state index >= 15 is 0 Å². The number of nitrogens with one attached hydrogen (secondary N) is 1. The second kappa shape index (κ2) is 6.85. The fourth-order valence-corrected chi connectivity index (χ4v) is 1.97. The van der Waals surface area contributed by atoms with Crippen molar-refractivity contribution in [2.24, 2.45) is 0 Å². The number of nitrogens with zero attached hydrogens (tertiary/aromatic N) is 2. The lowest BCUT2D eigenvalue weighted by Gasteiger charge is -2.17. The zero-order chi connectivity index (χ0) is 13.5. The first-order valence-corrected chi connectivity index (χ1v) is 6.51. The van der Waals surface area contributed by atoms with E-state index in [2.05, 4.69) is 34.6 Å². The Morgan fingerprint density at radius 1 is 1.11 bits per heavy atom. The molecule has 2 rings (SSSR count). The predicted molar refractivity (Wildman–Crippen MR) is 75.2 cm³/mol. The molecular formula is C15H19N3O. The SMILES string of the molecule is CCCOc1ccc(C(NC)c2ccnnc2)cc1. The lowest BCUT2D eigenvalue weighted by atomic mass is 10.0. The summed E-state index contributed by atoms with van der Waals surface area (Å²) in [5.41, 5.74) is 2.28. The highest BCUT2D eigenvalue weighted by molar-refractivity contribution is 5.34. The molecule has 0 radical (unpaired) electrons. The molecular weight excluding hydrogens is 238 g/mol. The Morgan fingerprint density at radius 2 is 1.89 bits per heavy atom. The molecule has 0 saturated heterocycles. The summed E-state index contributed by atoms with van der Waals surface area (Å²) in [6.07, 6.45) is 4.50. The van der Waals surface area contributed by atoms with Crippen LogP contribution in [0.1, 0.15) is 30.5 Å². The van der Waals surface area contributed by atoms with Crippen LogP contribution < -0.4 is 10.1 Å². The van der Waals surface area contributed by atoms with Gasteiger partial charge >= 0.3 is 0 Å². The van der Waals surface area contributed by atoms with Crippen LogP contribution >= 0.6 is 0 Å². The molecule has 0 spiro atoms. The number of aromatic nitrogens is 2. The van der Waals surface area contributed by atoms with Crippen molar-refractivity contribution < 1.29 is 4.74 Å². The Hall–Kier alpha value is -1.94. The Kier molecular flexibility index (Phi) is 4.86. The van der Waals surface area contributed by atoms with Gasteiger partial charge in [0.25, 0.3) is 0 Å². The molecule has 0 bridgehead atoms. The van der Waals surface area contributed by atoms with Crippen LogP contribution in [0.2, 0.25) is 0 Å². The number of rotatable bonds is 6. The van der Waals surface area contributed by atoms with Crippen molar-refractivity contribution in [1.29, 1.82) is 0 Å². The van der Waals surface area contributed by atoms with Crippen molar-refractivity contribution in [3.63, 3.8) is 0 Å². The van der Waals surface area contributed by atoms with Crippen LogP contribution in [-0.2, 0) is 0 Å². The average molecular weight is 257 g/mol. The highest BCUT2D eigenvalue weighted by atomic mass is 16.5. The van der Waals surface area contributed by atoms with Gasteiger partial charge in [0, 0.05) is 6.20 Å². The minimum Gasteiger partial charge on any atom is -0.494 e. The van der Waals surface area contributed by atoms with Gasteiger partial charge in [-0.2, -0.15) is 10.2 Å². The summed E-state index contributed by atoms with van der Waals surface area (Å²) in [6.45, 7) is 2.85. The van der Waals surface area contributed by atoms with Crippen LogP contribution in [0.15, 0.2) is 42.7 Å². The number of hydrogen-bond acceptors (Lipinski definition) is 4. The quantitative estimate of drug-likeness (QED) is 0.864. The number of hydrogen-bond donors (Lipinski definition) is 1. The van der Waals surface area contributed by atoms with Crippen LogP contribution in [0.25, 0.3) is 0 Å². The van der Waals surface area contributed by atoms with Gasteiger partial charge in [-0.05, 0) is 42.8 Å². The summed E-state index contributed by atoms with van der Waals surface area (Å²) < 4.78 is 5.59. The first-order chi connectivity index (χ1) is 9.35. The van der Waals surface area contributed by atoms with Gasteiger partial charge in [0.1, 0.15) is 5.75 Å². The average Bonchev–Trinajstić information content (AvgIpc) is 2.48. The van der Waals surface area contributed by atoms with Crippen molar-refractivity contribution in [2.45, 2.75) is 19.4 Å². The lowest BCUT2D eigenvalue weighted by Crippen LogP contribution is -2.17. The highest BCUT2D eigenvalue weighted by Gasteiger charge is 2.11. The van der Waals surface area contributed by atoms with Gasteiger partial charge in [-0.15, -0.1) is 0 Å². The fourth-order valence-electron chi connectivity index (χ4n) is 1.97. The Balaban J connectivity index is 2.15. The van der Waals surface area contributed by atoms with Gasteiger partial charge in [0.05, 0.1) is 18.8 Å². The van der Waals surface area contributed by atoms with Crippen molar-refractivity contribution >= 4 is 0 Å². The Morgan fingerprint density at radius 3 is 2.47 bits per heavy atom. The van der Waals surface area contributed by atoms with Crippen LogP contribution in [0, 0.1) is 0 Å². The second-order valence-corrected chi connectivity index (χ2v) is 4.31. The summed E-state index contributed by atoms with van der Waals surface area (Å²) >= 11 is 0.